The Morgan fingerprint density at radius 1 is 1.39 bits per heavy atom. The first-order valence-electron chi connectivity index (χ1n) is 7.53. The van der Waals surface area contributed by atoms with E-state index in [-0.39, 0.29) is 24.2 Å². The Hall–Kier alpha value is -1.92. The number of aromatic nitrogens is 3. The van der Waals surface area contributed by atoms with Crippen LogP contribution in [0.3, 0.4) is 0 Å². The fraction of sp³-hybridized carbons (Fsp3) is 0.438. The van der Waals surface area contributed by atoms with E-state index in [9.17, 15) is 9.90 Å². The van der Waals surface area contributed by atoms with Gasteiger partial charge in [-0.15, -0.1) is 5.10 Å². The molecule has 0 aliphatic rings. The van der Waals surface area contributed by atoms with Gasteiger partial charge in [0.05, 0.1) is 29.1 Å². The molecular formula is C16H21ClN4O2. The predicted molar refractivity (Wildman–Crippen MR) is 88.9 cm³/mol. The van der Waals surface area contributed by atoms with E-state index >= 15 is 0 Å². The van der Waals surface area contributed by atoms with Crippen LogP contribution >= 0.6 is 11.6 Å². The van der Waals surface area contributed by atoms with Gasteiger partial charge in [0.2, 0.25) is 0 Å². The number of para-hydroxylation sites is 1. The first-order chi connectivity index (χ1) is 10.9. The van der Waals surface area contributed by atoms with Gasteiger partial charge >= 0.3 is 0 Å². The van der Waals surface area contributed by atoms with Crippen molar-refractivity contribution in [2.24, 2.45) is 5.92 Å². The van der Waals surface area contributed by atoms with Crippen molar-refractivity contribution in [3.05, 3.63) is 40.7 Å². The summed E-state index contributed by atoms with van der Waals surface area (Å²) in [6.07, 6.45) is 0.694. The molecule has 2 N–H and O–H groups in total. The third kappa shape index (κ3) is 4.09. The molecule has 23 heavy (non-hydrogen) atoms. The molecular weight excluding hydrogens is 316 g/mol. The molecule has 124 valence electrons. The summed E-state index contributed by atoms with van der Waals surface area (Å²) in [5.41, 5.74) is 1.49. The zero-order valence-electron chi connectivity index (χ0n) is 13.5. The van der Waals surface area contributed by atoms with Gasteiger partial charge in [-0.3, -0.25) is 4.79 Å². The van der Waals surface area contributed by atoms with Gasteiger partial charge in [0.25, 0.3) is 5.91 Å². The number of aliphatic hydroxyl groups is 1. The summed E-state index contributed by atoms with van der Waals surface area (Å²) in [6, 6.07) is 6.92. The SMILES string of the molecule is Cc1c(C(=O)NC(CO)CC(C)C)nnn1-c1ccccc1Cl. The smallest absolute Gasteiger partial charge is 0.274 e. The van der Waals surface area contributed by atoms with Crippen molar-refractivity contribution in [2.75, 3.05) is 6.61 Å². The number of benzene rings is 1. The Bertz CT molecular complexity index is 684. The minimum absolute atomic E-state index is 0.110. The van der Waals surface area contributed by atoms with E-state index in [1.54, 1.807) is 19.1 Å². The number of halogens is 1. The highest BCUT2D eigenvalue weighted by molar-refractivity contribution is 6.32. The molecule has 0 saturated heterocycles. The van der Waals surface area contributed by atoms with E-state index < -0.39 is 0 Å². The molecule has 0 radical (unpaired) electrons. The van der Waals surface area contributed by atoms with E-state index in [1.165, 1.54) is 4.68 Å². The molecule has 6 nitrogen and oxygen atoms in total. The van der Waals surface area contributed by atoms with Crippen molar-refractivity contribution in [1.29, 1.82) is 0 Å². The zero-order chi connectivity index (χ0) is 17.0. The van der Waals surface area contributed by atoms with Gasteiger partial charge in [-0.05, 0) is 31.4 Å². The lowest BCUT2D eigenvalue weighted by molar-refractivity contribution is 0.0902. The number of carbonyl (C=O) groups excluding carboxylic acids is 1. The minimum atomic E-state index is -0.347. The van der Waals surface area contributed by atoms with Crippen molar-refractivity contribution in [2.45, 2.75) is 33.2 Å². The Morgan fingerprint density at radius 2 is 2.09 bits per heavy atom. The second-order valence-corrected chi connectivity index (χ2v) is 6.28. The molecule has 0 spiro atoms. The third-order valence-corrected chi connectivity index (χ3v) is 3.82. The van der Waals surface area contributed by atoms with Crippen molar-refractivity contribution in [1.82, 2.24) is 20.3 Å². The van der Waals surface area contributed by atoms with Crippen LogP contribution in [-0.2, 0) is 0 Å². The van der Waals surface area contributed by atoms with Crippen LogP contribution < -0.4 is 5.32 Å². The molecule has 0 bridgehead atoms. The Balaban J connectivity index is 2.22. The monoisotopic (exact) mass is 336 g/mol. The number of carbonyl (C=O) groups is 1. The highest BCUT2D eigenvalue weighted by atomic mass is 35.5. The number of nitrogens with one attached hydrogen (secondary N) is 1. The maximum absolute atomic E-state index is 12.4. The van der Waals surface area contributed by atoms with Gasteiger partial charge in [0, 0.05) is 0 Å². The van der Waals surface area contributed by atoms with E-state index in [4.69, 9.17) is 11.6 Å². The lowest BCUT2D eigenvalue weighted by Crippen LogP contribution is -2.38. The number of nitrogens with zero attached hydrogens (tertiary/aromatic N) is 3. The van der Waals surface area contributed by atoms with E-state index in [0.29, 0.717) is 28.7 Å². The highest BCUT2D eigenvalue weighted by Crippen LogP contribution is 2.21. The predicted octanol–water partition coefficient (Wildman–Crippen LogP) is 2.37. The topological polar surface area (TPSA) is 80.0 Å². The molecule has 2 aromatic rings. The molecule has 0 aliphatic carbocycles. The Labute approximate surface area is 140 Å². The van der Waals surface area contributed by atoms with Gasteiger partial charge in [0.15, 0.2) is 5.69 Å². The first kappa shape index (κ1) is 17.4. The summed E-state index contributed by atoms with van der Waals surface area (Å²) in [4.78, 5) is 12.4. The highest BCUT2D eigenvalue weighted by Gasteiger charge is 2.21. The summed E-state index contributed by atoms with van der Waals surface area (Å²) >= 11 is 6.16. The zero-order valence-corrected chi connectivity index (χ0v) is 14.2. The van der Waals surface area contributed by atoms with Crippen molar-refractivity contribution < 1.29 is 9.90 Å². The summed E-state index contributed by atoms with van der Waals surface area (Å²) < 4.78 is 1.54. The van der Waals surface area contributed by atoms with Gasteiger partial charge < -0.3 is 10.4 Å². The summed E-state index contributed by atoms with van der Waals surface area (Å²) in [5.74, 6) is 0.0212. The fourth-order valence-corrected chi connectivity index (χ4v) is 2.61. The van der Waals surface area contributed by atoms with Crippen LogP contribution in [-0.4, -0.2) is 38.7 Å². The number of amides is 1. The maximum Gasteiger partial charge on any atom is 0.274 e. The molecule has 0 saturated carbocycles. The number of hydrogen-bond acceptors (Lipinski definition) is 4. The van der Waals surface area contributed by atoms with Gasteiger partial charge in [-0.2, -0.15) is 0 Å². The van der Waals surface area contributed by atoms with Crippen LogP contribution in [0.2, 0.25) is 5.02 Å². The molecule has 7 heteroatoms. The molecule has 1 unspecified atom stereocenters. The van der Waals surface area contributed by atoms with Crippen molar-refractivity contribution >= 4 is 17.5 Å². The van der Waals surface area contributed by atoms with Crippen molar-refractivity contribution in [3.8, 4) is 5.69 Å². The van der Waals surface area contributed by atoms with Crippen LogP contribution in [0, 0.1) is 12.8 Å². The minimum Gasteiger partial charge on any atom is -0.394 e. The summed E-state index contributed by atoms with van der Waals surface area (Å²) in [7, 11) is 0. The second kappa shape index (κ2) is 7.57. The molecule has 1 heterocycles. The average molecular weight is 337 g/mol. The Kier molecular flexibility index (Phi) is 5.74. The third-order valence-electron chi connectivity index (χ3n) is 3.50. The average Bonchev–Trinajstić information content (AvgIpc) is 2.88. The van der Waals surface area contributed by atoms with E-state index in [0.717, 1.165) is 0 Å². The largest absolute Gasteiger partial charge is 0.394 e. The fourth-order valence-electron chi connectivity index (χ4n) is 2.39. The number of aliphatic hydroxyl groups excluding tert-OH is 1. The van der Waals surface area contributed by atoms with Crippen LogP contribution in [0.15, 0.2) is 24.3 Å². The second-order valence-electron chi connectivity index (χ2n) is 5.87. The number of rotatable bonds is 6. The van der Waals surface area contributed by atoms with Gasteiger partial charge in [-0.25, -0.2) is 4.68 Å². The van der Waals surface area contributed by atoms with E-state index in [2.05, 4.69) is 15.6 Å². The maximum atomic E-state index is 12.4. The Morgan fingerprint density at radius 3 is 2.70 bits per heavy atom. The molecule has 1 atom stereocenters. The van der Waals surface area contributed by atoms with Gasteiger partial charge in [-0.1, -0.05) is 42.8 Å². The molecule has 0 aliphatic heterocycles. The molecule has 0 fully saturated rings. The molecule has 1 aromatic carbocycles. The van der Waals surface area contributed by atoms with Gasteiger partial charge in [0.1, 0.15) is 0 Å². The molecule has 1 aromatic heterocycles. The standard InChI is InChI=1S/C16H21ClN4O2/c1-10(2)8-12(9-22)18-16(23)15-11(3)21(20-19-15)14-7-5-4-6-13(14)17/h4-7,10,12,22H,8-9H2,1-3H3,(H,18,23). The lowest BCUT2D eigenvalue weighted by atomic mass is 10.0. The molecule has 2 rings (SSSR count). The van der Waals surface area contributed by atoms with E-state index in [1.807, 2.05) is 26.0 Å². The van der Waals surface area contributed by atoms with Crippen LogP contribution in [0.25, 0.3) is 5.69 Å². The lowest BCUT2D eigenvalue weighted by Gasteiger charge is -2.17. The number of hydrogen-bond donors (Lipinski definition) is 2. The van der Waals surface area contributed by atoms with Crippen LogP contribution in [0.4, 0.5) is 0 Å². The summed E-state index contributed by atoms with van der Waals surface area (Å²) in [6.45, 7) is 5.72. The quantitative estimate of drug-likeness (QED) is 0.848. The first-order valence-corrected chi connectivity index (χ1v) is 7.90. The molecule has 1 amide bonds. The normalized spacial score (nSPS) is 12.4. The summed E-state index contributed by atoms with van der Waals surface area (Å²) in [5, 5.41) is 20.7. The van der Waals surface area contributed by atoms with Crippen molar-refractivity contribution in [3.63, 3.8) is 0 Å². The van der Waals surface area contributed by atoms with Crippen LogP contribution in [0.5, 0.6) is 0 Å². The van der Waals surface area contributed by atoms with Crippen LogP contribution in [0.1, 0.15) is 36.5 Å².